The molecule has 2 heterocycles. The summed E-state index contributed by atoms with van der Waals surface area (Å²) in [5.41, 5.74) is 1.73. The fraction of sp³-hybridized carbons (Fsp3) is 0.849. The van der Waals surface area contributed by atoms with E-state index in [1.54, 1.807) is 7.11 Å². The van der Waals surface area contributed by atoms with Crippen molar-refractivity contribution in [1.29, 1.82) is 0 Å². The van der Waals surface area contributed by atoms with Crippen LogP contribution in [-0.4, -0.2) is 117 Å². The number of amides is 1. The van der Waals surface area contributed by atoms with Crippen molar-refractivity contribution in [2.24, 2.45) is 11.3 Å². The number of hydrogen-bond donors (Lipinski definition) is 1. The van der Waals surface area contributed by atoms with Gasteiger partial charge in [0.25, 0.3) is 8.32 Å². The zero-order valence-corrected chi connectivity index (χ0v) is 54.3. The Kier molecular flexibility index (Phi) is 20.7. The molecule has 2 aliphatic heterocycles. The number of rotatable bonds is 22. The van der Waals surface area contributed by atoms with E-state index in [1.807, 2.05) is 13.0 Å². The summed E-state index contributed by atoms with van der Waals surface area (Å²) in [4.78, 5) is 28.0. The van der Waals surface area contributed by atoms with Gasteiger partial charge in [0.05, 0.1) is 24.9 Å². The number of ether oxygens (including phenoxy) is 6. The van der Waals surface area contributed by atoms with E-state index in [1.165, 1.54) is 0 Å². The van der Waals surface area contributed by atoms with Gasteiger partial charge in [-0.2, -0.15) is 0 Å². The largest absolute Gasteiger partial charge is 0.543 e. The first-order valence-electron chi connectivity index (χ1n) is 26.2. The minimum atomic E-state index is -2.46. The number of nitrogens with one attached hydrogen (secondary N) is 1. The van der Waals surface area contributed by atoms with Crippen LogP contribution < -0.4 is 14.5 Å². The summed E-state index contributed by atoms with van der Waals surface area (Å²) >= 11 is 0. The summed E-state index contributed by atoms with van der Waals surface area (Å²) in [6.45, 7) is 57.1. The SMILES string of the molecule is CO[C@H](NC(=O)OCC[Si](C)(C)C)[C@@H]1C[C@@H](O[Si](C)(C)C(C)(C)C)C(C)(C)[C@@H](C[C@H](O[Si](C)(C)C(C)(C)C)[C@@H](C)[C@H]2Cc3c(C)c(OCOCC[Si](C)(C)C)cc(O[Si](C)(C)C(C)(C)C)c3C(=O)O2)O1. The van der Waals surface area contributed by atoms with Crippen molar-refractivity contribution in [2.75, 3.05) is 27.1 Å². The van der Waals surface area contributed by atoms with Gasteiger partial charge in [0.2, 0.25) is 0 Å². The number of carbonyl (C=O) groups excluding carboxylic acids is 2. The second-order valence-corrected chi connectivity index (χ2v) is 53.7. The van der Waals surface area contributed by atoms with Crippen LogP contribution in [0, 0.1) is 18.3 Å². The van der Waals surface area contributed by atoms with Gasteiger partial charge in [-0.3, -0.25) is 5.32 Å². The number of methoxy groups -OCH3 is 1. The fourth-order valence-corrected chi connectivity index (χ4v) is 13.3. The number of alkyl carbamates (subject to hydrolysis) is 1. The van der Waals surface area contributed by atoms with Crippen molar-refractivity contribution in [2.45, 2.75) is 252 Å². The van der Waals surface area contributed by atoms with Crippen LogP contribution in [0.25, 0.3) is 0 Å². The van der Waals surface area contributed by atoms with Crippen LogP contribution in [0.3, 0.4) is 0 Å². The van der Waals surface area contributed by atoms with Crippen LogP contribution in [-0.2, 0) is 39.0 Å². The summed E-state index contributed by atoms with van der Waals surface area (Å²) < 4.78 is 59.9. The minimum Gasteiger partial charge on any atom is -0.543 e. The van der Waals surface area contributed by atoms with Gasteiger partial charge in [0.1, 0.15) is 29.3 Å². The van der Waals surface area contributed by atoms with Gasteiger partial charge < -0.3 is 41.7 Å². The molecule has 0 radical (unpaired) electrons. The van der Waals surface area contributed by atoms with E-state index in [0.717, 1.165) is 23.2 Å². The van der Waals surface area contributed by atoms with Crippen LogP contribution in [0.4, 0.5) is 4.79 Å². The maximum atomic E-state index is 14.7. The fourth-order valence-electron chi connectivity index (χ4n) is 7.93. The molecule has 1 aromatic carbocycles. The molecule has 0 aliphatic carbocycles. The Morgan fingerprint density at radius 1 is 0.800 bits per heavy atom. The van der Waals surface area contributed by atoms with Crippen molar-refractivity contribution < 1.29 is 51.3 Å². The molecule has 7 atom stereocenters. The highest BCUT2D eigenvalue weighted by Crippen LogP contribution is 2.49. The Labute approximate surface area is 432 Å². The molecule has 3 rings (SSSR count). The van der Waals surface area contributed by atoms with E-state index in [-0.39, 0.29) is 40.0 Å². The third-order valence-electron chi connectivity index (χ3n) is 16.5. The highest BCUT2D eigenvalue weighted by atomic mass is 28.4. The van der Waals surface area contributed by atoms with Crippen LogP contribution in [0.2, 0.25) is 106 Å². The summed E-state index contributed by atoms with van der Waals surface area (Å²) in [6.07, 6.45) is -1.97. The molecule has 1 N–H and O–H groups in total. The minimum absolute atomic E-state index is 0.0472. The Morgan fingerprint density at radius 3 is 1.86 bits per heavy atom. The number of esters is 1. The Hall–Kier alpha value is -1.56. The van der Waals surface area contributed by atoms with Crippen LogP contribution >= 0.6 is 0 Å². The van der Waals surface area contributed by atoms with E-state index in [0.29, 0.717) is 49.5 Å². The number of cyclic esters (lactones) is 1. The van der Waals surface area contributed by atoms with Crippen molar-refractivity contribution >= 4 is 53.2 Å². The lowest BCUT2D eigenvalue weighted by molar-refractivity contribution is -0.211. The number of hydrogen-bond acceptors (Lipinski definition) is 11. The molecular weight excluding hydrogens is 967 g/mol. The molecule has 0 saturated carbocycles. The first-order chi connectivity index (χ1) is 31.4. The highest BCUT2D eigenvalue weighted by Gasteiger charge is 2.54. The van der Waals surface area contributed by atoms with E-state index in [2.05, 4.69) is 167 Å². The van der Waals surface area contributed by atoms with E-state index in [4.69, 9.17) is 41.7 Å². The molecule has 2 aliphatic rings. The Balaban J connectivity index is 2.16. The lowest BCUT2D eigenvalue weighted by Gasteiger charge is -2.53. The molecule has 0 unspecified atom stereocenters. The second-order valence-electron chi connectivity index (χ2n) is 28.2. The molecular formula is C53H103NO11Si5. The van der Waals surface area contributed by atoms with Crippen LogP contribution in [0.1, 0.15) is 117 Å². The summed E-state index contributed by atoms with van der Waals surface area (Å²) in [5, 5.41) is 2.72. The van der Waals surface area contributed by atoms with Gasteiger partial charge in [-0.1, -0.05) is 122 Å². The van der Waals surface area contributed by atoms with E-state index >= 15 is 0 Å². The molecule has 1 amide bonds. The van der Waals surface area contributed by atoms with Gasteiger partial charge in [-0.25, -0.2) is 9.59 Å². The number of fused-ring (bicyclic) bond motifs is 1. The van der Waals surface area contributed by atoms with Gasteiger partial charge in [-0.05, 0) is 91.0 Å². The van der Waals surface area contributed by atoms with Gasteiger partial charge >= 0.3 is 12.1 Å². The second kappa shape index (κ2) is 23.1. The lowest BCUT2D eigenvalue weighted by Crippen LogP contribution is -2.61. The first kappa shape index (κ1) is 62.7. The molecule has 1 saturated heterocycles. The smallest absolute Gasteiger partial charge is 0.409 e. The van der Waals surface area contributed by atoms with Gasteiger partial charge in [-0.15, -0.1) is 0 Å². The third kappa shape index (κ3) is 16.7. The third-order valence-corrected chi connectivity index (χ3v) is 33.2. The van der Waals surface area contributed by atoms with Gasteiger partial charge in [0.15, 0.2) is 29.7 Å². The molecule has 0 aromatic heterocycles. The van der Waals surface area contributed by atoms with Crippen molar-refractivity contribution in [3.8, 4) is 11.5 Å². The average Bonchev–Trinajstić information content (AvgIpc) is 3.16. The topological polar surface area (TPSA) is 129 Å². The summed E-state index contributed by atoms with van der Waals surface area (Å²) in [5.74, 6) is 0.490. The first-order valence-corrected chi connectivity index (χ1v) is 42.3. The molecule has 1 aromatic rings. The normalized spacial score (nSPS) is 22.1. The Bertz CT molecular complexity index is 1910. The zero-order valence-electron chi connectivity index (χ0n) is 49.3. The van der Waals surface area contributed by atoms with Gasteiger partial charge in [0, 0.05) is 60.1 Å². The Morgan fingerprint density at radius 2 is 1.34 bits per heavy atom. The van der Waals surface area contributed by atoms with Crippen LogP contribution in [0.5, 0.6) is 11.5 Å². The monoisotopic (exact) mass is 1070 g/mol. The molecule has 0 spiro atoms. The number of carbonyl (C=O) groups is 2. The summed E-state index contributed by atoms with van der Waals surface area (Å²) in [7, 11) is -8.31. The maximum absolute atomic E-state index is 14.7. The molecule has 406 valence electrons. The maximum Gasteiger partial charge on any atom is 0.409 e. The summed E-state index contributed by atoms with van der Waals surface area (Å²) in [6, 6.07) is 3.77. The molecule has 0 bridgehead atoms. The van der Waals surface area contributed by atoms with Crippen molar-refractivity contribution in [3.05, 3.63) is 22.8 Å². The molecule has 12 nitrogen and oxygen atoms in total. The average molecular weight is 1070 g/mol. The highest BCUT2D eigenvalue weighted by molar-refractivity contribution is 6.77. The van der Waals surface area contributed by atoms with Crippen molar-refractivity contribution in [3.63, 3.8) is 0 Å². The molecule has 17 heteroatoms. The predicted octanol–water partition coefficient (Wildman–Crippen LogP) is 14.2. The van der Waals surface area contributed by atoms with Crippen molar-refractivity contribution in [1.82, 2.24) is 5.32 Å². The zero-order chi connectivity index (χ0) is 54.0. The predicted molar refractivity (Wildman–Crippen MR) is 300 cm³/mol. The quantitative estimate of drug-likeness (QED) is 0.0516. The van der Waals surface area contributed by atoms with E-state index in [9.17, 15) is 9.59 Å². The standard InChI is InChI=1S/C53H103NO11Si5/c1-36-38-31-40(62-48(55)46(38)42(64-69(23,24)51(6,7)8)32-39(36)60-35-58-27-29-66(15,16)17)37(2)41(63-68(21,22)50(3,4)5)33-44-53(12,13)45(65-70(25,26)52(9,10)11)34-43(61-44)47(57-14)54-49(56)59-28-30-67(18,19)20/h32,37,40-41,43-45,47H,27-31,33-35H2,1-26H3,(H,54,56)/t37-,40+,41-,43-,44+,45+,47-/m0/s1. The molecule has 1 fully saturated rings. The number of benzene rings is 1. The molecule has 70 heavy (non-hydrogen) atoms. The lowest BCUT2D eigenvalue weighted by atomic mass is 9.73. The van der Waals surface area contributed by atoms with E-state index < -0.39 is 83.1 Å². The van der Waals surface area contributed by atoms with Crippen LogP contribution in [0.15, 0.2) is 6.07 Å².